The predicted octanol–water partition coefficient (Wildman–Crippen LogP) is 3.54. The maximum absolute atomic E-state index is 13.1. The lowest BCUT2D eigenvalue weighted by molar-refractivity contribution is -0.142. The molecule has 2 aromatic rings. The van der Waals surface area contributed by atoms with E-state index >= 15 is 0 Å². The molecule has 0 unspecified atom stereocenters. The van der Waals surface area contributed by atoms with Gasteiger partial charge < -0.3 is 14.5 Å². The summed E-state index contributed by atoms with van der Waals surface area (Å²) in [6, 6.07) is 16.3. The van der Waals surface area contributed by atoms with Crippen molar-refractivity contribution in [1.29, 1.82) is 0 Å². The molecule has 5 rings (SSSR count). The Kier molecular flexibility index (Phi) is 4.66. The summed E-state index contributed by atoms with van der Waals surface area (Å²) in [4.78, 5) is 29.7. The Hall–Kier alpha value is -2.66. The van der Waals surface area contributed by atoms with Gasteiger partial charge in [0.2, 0.25) is 11.8 Å². The van der Waals surface area contributed by atoms with E-state index in [1.807, 2.05) is 40.1 Å². The van der Waals surface area contributed by atoms with Crippen molar-refractivity contribution in [2.45, 2.75) is 57.4 Å². The fourth-order valence-corrected chi connectivity index (χ4v) is 5.48. The van der Waals surface area contributed by atoms with Gasteiger partial charge in [-0.2, -0.15) is 0 Å². The van der Waals surface area contributed by atoms with Crippen molar-refractivity contribution in [3.8, 4) is 0 Å². The molecule has 3 saturated heterocycles. The molecule has 1 spiro atoms. The van der Waals surface area contributed by atoms with Crippen LogP contribution in [0.4, 0.5) is 0 Å². The van der Waals surface area contributed by atoms with Crippen molar-refractivity contribution in [1.82, 2.24) is 9.80 Å². The van der Waals surface area contributed by atoms with Crippen LogP contribution in [0.5, 0.6) is 0 Å². The number of hydrogen-bond donors (Lipinski definition) is 0. The third-order valence-electron chi connectivity index (χ3n) is 7.03. The van der Waals surface area contributed by atoms with Gasteiger partial charge >= 0.3 is 0 Å². The van der Waals surface area contributed by atoms with Gasteiger partial charge in [0.05, 0.1) is 19.0 Å². The van der Waals surface area contributed by atoms with Gasteiger partial charge in [-0.1, -0.05) is 54.1 Å². The van der Waals surface area contributed by atoms with E-state index in [1.165, 1.54) is 16.7 Å². The molecule has 3 aliphatic heterocycles. The highest BCUT2D eigenvalue weighted by molar-refractivity contribution is 5.85. The molecule has 3 atom stereocenters. The number of carbonyl (C=O) groups is 2. The van der Waals surface area contributed by atoms with Crippen LogP contribution in [0.2, 0.25) is 0 Å². The highest BCUT2D eigenvalue weighted by Crippen LogP contribution is 2.50. The first-order valence-corrected chi connectivity index (χ1v) is 10.9. The van der Waals surface area contributed by atoms with Crippen LogP contribution >= 0.6 is 0 Å². The van der Waals surface area contributed by atoms with Crippen LogP contribution in [0.1, 0.15) is 47.6 Å². The highest BCUT2D eigenvalue weighted by Gasteiger charge is 2.64. The van der Waals surface area contributed by atoms with Crippen LogP contribution in [0, 0.1) is 13.8 Å². The van der Waals surface area contributed by atoms with E-state index in [0.29, 0.717) is 32.4 Å². The van der Waals surface area contributed by atoms with E-state index in [2.05, 4.69) is 32.0 Å². The minimum atomic E-state index is -0.646. The van der Waals surface area contributed by atoms with Gasteiger partial charge in [0.25, 0.3) is 0 Å². The maximum atomic E-state index is 13.1. The SMILES string of the molecule is Cc1ccc(CCC(=O)N2CC[C@@]34O[C@@H](c5ccccc5)CN3C(=O)C[C@@H]24)c(C)c1. The second kappa shape index (κ2) is 7.24. The first kappa shape index (κ1) is 19.3. The lowest BCUT2D eigenvalue weighted by atomic mass is 10.0. The van der Waals surface area contributed by atoms with E-state index in [1.54, 1.807) is 0 Å². The van der Waals surface area contributed by atoms with E-state index < -0.39 is 5.72 Å². The van der Waals surface area contributed by atoms with Gasteiger partial charge in [0, 0.05) is 19.4 Å². The quantitative estimate of drug-likeness (QED) is 0.783. The molecule has 0 N–H and O–H groups in total. The fourth-order valence-electron chi connectivity index (χ4n) is 5.48. The number of ether oxygens (including phenoxy) is 1. The van der Waals surface area contributed by atoms with E-state index in [0.717, 1.165) is 12.0 Å². The summed E-state index contributed by atoms with van der Waals surface area (Å²) in [6.07, 6.45) is 2.14. The lowest BCUT2D eigenvalue weighted by Crippen LogP contribution is -2.48. The summed E-state index contributed by atoms with van der Waals surface area (Å²) in [6.45, 7) is 5.41. The fraction of sp³-hybridized carbons (Fsp3) is 0.440. The molecule has 2 amide bonds. The van der Waals surface area contributed by atoms with Gasteiger partial charge in [-0.25, -0.2) is 0 Å². The van der Waals surface area contributed by atoms with Crippen LogP contribution in [0.3, 0.4) is 0 Å². The van der Waals surface area contributed by atoms with Crippen molar-refractivity contribution in [3.63, 3.8) is 0 Å². The number of rotatable bonds is 4. The monoisotopic (exact) mass is 404 g/mol. The Balaban J connectivity index is 1.31. The van der Waals surface area contributed by atoms with Crippen LogP contribution < -0.4 is 0 Å². The van der Waals surface area contributed by atoms with E-state index in [4.69, 9.17) is 4.74 Å². The predicted molar refractivity (Wildman–Crippen MR) is 114 cm³/mol. The highest BCUT2D eigenvalue weighted by atomic mass is 16.5. The zero-order valence-electron chi connectivity index (χ0n) is 17.6. The standard InChI is InChI=1S/C25H28N2O3/c1-17-8-9-19(18(2)14-17)10-11-23(28)26-13-12-25-22(26)15-24(29)27(25)16-21(30-25)20-6-4-3-5-7-20/h3-9,14,21-22H,10-13,15-16H2,1-2H3/t21-,22-,25+/m1/s1. The largest absolute Gasteiger partial charge is 0.343 e. The van der Waals surface area contributed by atoms with Crippen molar-refractivity contribution >= 4 is 11.8 Å². The minimum absolute atomic E-state index is 0.102. The summed E-state index contributed by atoms with van der Waals surface area (Å²) in [5.74, 6) is 0.226. The molecule has 30 heavy (non-hydrogen) atoms. The number of carbonyl (C=O) groups excluding carboxylic acids is 2. The Morgan fingerprint density at radius 2 is 1.97 bits per heavy atom. The third kappa shape index (κ3) is 3.03. The van der Waals surface area contributed by atoms with Crippen LogP contribution in [0.15, 0.2) is 48.5 Å². The molecule has 156 valence electrons. The third-order valence-corrected chi connectivity index (χ3v) is 7.03. The van der Waals surface area contributed by atoms with Crippen molar-refractivity contribution < 1.29 is 14.3 Å². The topological polar surface area (TPSA) is 49.9 Å². The second-order valence-corrected chi connectivity index (χ2v) is 8.85. The molecule has 3 aliphatic rings. The summed E-state index contributed by atoms with van der Waals surface area (Å²) < 4.78 is 6.54. The smallest absolute Gasteiger partial charge is 0.227 e. The van der Waals surface area contributed by atoms with Crippen molar-refractivity contribution in [2.24, 2.45) is 0 Å². The average molecular weight is 405 g/mol. The zero-order chi connectivity index (χ0) is 20.9. The summed E-state index contributed by atoms with van der Waals surface area (Å²) in [7, 11) is 0. The van der Waals surface area contributed by atoms with Gasteiger partial charge in [-0.15, -0.1) is 0 Å². The molecule has 3 heterocycles. The Bertz CT molecular complexity index is 989. The lowest BCUT2D eigenvalue weighted by Gasteiger charge is -2.32. The molecule has 0 radical (unpaired) electrons. The average Bonchev–Trinajstić information content (AvgIpc) is 3.36. The molecule has 0 aromatic heterocycles. The van der Waals surface area contributed by atoms with Crippen LogP contribution in [-0.4, -0.2) is 46.5 Å². The molecule has 3 fully saturated rings. The number of hydrogen-bond acceptors (Lipinski definition) is 3. The number of likely N-dealkylation sites (tertiary alicyclic amines) is 1. The normalized spacial score (nSPS) is 27.5. The maximum Gasteiger partial charge on any atom is 0.227 e. The minimum Gasteiger partial charge on any atom is -0.343 e. The van der Waals surface area contributed by atoms with E-state index in [-0.39, 0.29) is 24.0 Å². The first-order valence-electron chi connectivity index (χ1n) is 10.9. The second-order valence-electron chi connectivity index (χ2n) is 8.85. The number of aryl methyl sites for hydroxylation is 3. The van der Waals surface area contributed by atoms with Gasteiger partial charge in [-0.05, 0) is 37.0 Å². The van der Waals surface area contributed by atoms with Gasteiger partial charge in [0.1, 0.15) is 6.10 Å². The first-order chi connectivity index (χ1) is 14.5. The van der Waals surface area contributed by atoms with Crippen molar-refractivity contribution in [2.75, 3.05) is 13.1 Å². The van der Waals surface area contributed by atoms with Crippen molar-refractivity contribution in [3.05, 3.63) is 70.8 Å². The zero-order valence-corrected chi connectivity index (χ0v) is 17.6. The van der Waals surface area contributed by atoms with Crippen LogP contribution in [-0.2, 0) is 20.7 Å². The Morgan fingerprint density at radius 3 is 2.73 bits per heavy atom. The molecule has 0 aliphatic carbocycles. The number of amides is 2. The Labute approximate surface area is 177 Å². The number of benzene rings is 2. The molecule has 0 bridgehead atoms. The summed E-state index contributed by atoms with van der Waals surface area (Å²) >= 11 is 0. The Morgan fingerprint density at radius 1 is 1.17 bits per heavy atom. The summed E-state index contributed by atoms with van der Waals surface area (Å²) in [5.41, 5.74) is 4.13. The molecule has 2 aromatic carbocycles. The molecular weight excluding hydrogens is 376 g/mol. The van der Waals surface area contributed by atoms with Gasteiger partial charge in [-0.3, -0.25) is 9.59 Å². The summed E-state index contributed by atoms with van der Waals surface area (Å²) in [5, 5.41) is 0. The van der Waals surface area contributed by atoms with Crippen LogP contribution in [0.25, 0.3) is 0 Å². The molecule has 0 saturated carbocycles. The number of nitrogens with zero attached hydrogens (tertiary/aromatic N) is 2. The van der Waals surface area contributed by atoms with Gasteiger partial charge in [0.15, 0.2) is 5.72 Å². The molecule has 5 heteroatoms. The molecular formula is C25H28N2O3. The molecule has 5 nitrogen and oxygen atoms in total. The van der Waals surface area contributed by atoms with E-state index in [9.17, 15) is 9.59 Å².